The molecule has 1 heterocycles. The van der Waals surface area contributed by atoms with Crippen molar-refractivity contribution >= 4 is 0 Å². The van der Waals surface area contributed by atoms with E-state index in [-0.39, 0.29) is 5.60 Å². The minimum atomic E-state index is -0.766. The molecule has 1 rings (SSSR count). The molecule has 0 spiro atoms. The minimum Gasteiger partial charge on any atom is -0.330 e. The largest absolute Gasteiger partial charge is 0.330 e. The number of hydrogen-bond donors (Lipinski definition) is 1. The first-order valence-corrected chi connectivity index (χ1v) is 3.04. The van der Waals surface area contributed by atoms with Crippen LogP contribution in [0.25, 0.3) is 0 Å². The van der Waals surface area contributed by atoms with Crippen LogP contribution < -0.4 is 5.73 Å². The third-order valence-electron chi connectivity index (χ3n) is 0.908. The lowest BCUT2D eigenvalue weighted by molar-refractivity contribution is -0.123. The van der Waals surface area contributed by atoms with Crippen LogP contribution in [0.15, 0.2) is 0 Å². The lowest BCUT2D eigenvalue weighted by Crippen LogP contribution is -2.36. The molecule has 0 bridgehead atoms. The van der Waals surface area contributed by atoms with Gasteiger partial charge in [-0.1, -0.05) is 0 Å². The van der Waals surface area contributed by atoms with Crippen LogP contribution in [0.4, 0.5) is 0 Å². The lowest BCUT2D eigenvalue weighted by atomic mass is 10.2. The standard InChI is InChI=1S/C6H13NO2/c1-5(2,3)9-6(7)4-8-6/h4,7H2,1-3H3. The Morgan fingerprint density at radius 1 is 1.56 bits per heavy atom. The van der Waals surface area contributed by atoms with Crippen molar-refractivity contribution in [1.29, 1.82) is 0 Å². The summed E-state index contributed by atoms with van der Waals surface area (Å²) in [6.07, 6.45) is 0. The second-order valence-corrected chi connectivity index (χ2v) is 3.31. The summed E-state index contributed by atoms with van der Waals surface area (Å²) in [5.41, 5.74) is 5.29. The molecule has 54 valence electrons. The van der Waals surface area contributed by atoms with Crippen molar-refractivity contribution in [3.8, 4) is 0 Å². The molecule has 0 aromatic carbocycles. The van der Waals surface area contributed by atoms with Gasteiger partial charge >= 0.3 is 0 Å². The number of rotatable bonds is 1. The van der Waals surface area contributed by atoms with E-state index < -0.39 is 5.91 Å². The van der Waals surface area contributed by atoms with E-state index in [1.807, 2.05) is 20.8 Å². The van der Waals surface area contributed by atoms with Crippen molar-refractivity contribution in [3.05, 3.63) is 0 Å². The molecule has 0 aliphatic carbocycles. The molecule has 0 amide bonds. The highest BCUT2D eigenvalue weighted by atomic mass is 16.8. The van der Waals surface area contributed by atoms with Crippen molar-refractivity contribution in [2.24, 2.45) is 5.73 Å². The molecule has 1 atom stereocenters. The second-order valence-electron chi connectivity index (χ2n) is 3.31. The average molecular weight is 131 g/mol. The van der Waals surface area contributed by atoms with Gasteiger partial charge in [0, 0.05) is 0 Å². The maximum absolute atomic E-state index is 5.49. The molecule has 9 heavy (non-hydrogen) atoms. The van der Waals surface area contributed by atoms with E-state index in [0.29, 0.717) is 6.61 Å². The zero-order valence-electron chi connectivity index (χ0n) is 6.10. The minimum absolute atomic E-state index is 0.203. The third-order valence-corrected chi connectivity index (χ3v) is 0.908. The summed E-state index contributed by atoms with van der Waals surface area (Å²) in [7, 11) is 0. The fourth-order valence-electron chi connectivity index (χ4n) is 0.648. The van der Waals surface area contributed by atoms with Crippen LogP contribution in [0.3, 0.4) is 0 Å². The van der Waals surface area contributed by atoms with Gasteiger partial charge in [0.25, 0.3) is 0 Å². The Kier molecular flexibility index (Phi) is 1.31. The molecule has 1 unspecified atom stereocenters. The SMILES string of the molecule is CC(C)(C)OC1(N)CO1. The molecular weight excluding hydrogens is 118 g/mol. The van der Waals surface area contributed by atoms with Crippen molar-refractivity contribution in [3.63, 3.8) is 0 Å². The Bertz CT molecular complexity index is 109. The van der Waals surface area contributed by atoms with Crippen molar-refractivity contribution < 1.29 is 9.47 Å². The van der Waals surface area contributed by atoms with E-state index in [0.717, 1.165) is 0 Å². The summed E-state index contributed by atoms with van der Waals surface area (Å²) in [5.74, 6) is -0.766. The molecule has 1 saturated heterocycles. The molecule has 1 aliphatic rings. The zero-order chi connectivity index (χ0) is 7.12. The monoisotopic (exact) mass is 131 g/mol. The highest BCUT2D eigenvalue weighted by Gasteiger charge is 2.45. The molecule has 0 aromatic heterocycles. The van der Waals surface area contributed by atoms with Gasteiger partial charge in [-0.25, -0.2) is 0 Å². The fourth-order valence-corrected chi connectivity index (χ4v) is 0.648. The summed E-state index contributed by atoms with van der Waals surface area (Å²) in [6.45, 7) is 6.36. The van der Waals surface area contributed by atoms with Gasteiger partial charge in [-0.3, -0.25) is 5.73 Å². The summed E-state index contributed by atoms with van der Waals surface area (Å²) >= 11 is 0. The fraction of sp³-hybridized carbons (Fsp3) is 1.00. The predicted molar refractivity (Wildman–Crippen MR) is 33.7 cm³/mol. The molecule has 3 nitrogen and oxygen atoms in total. The van der Waals surface area contributed by atoms with Crippen LogP contribution in [0.5, 0.6) is 0 Å². The highest BCUT2D eigenvalue weighted by molar-refractivity contribution is 4.77. The smallest absolute Gasteiger partial charge is 0.250 e. The number of epoxide rings is 1. The second kappa shape index (κ2) is 1.68. The topological polar surface area (TPSA) is 47.8 Å². The highest BCUT2D eigenvalue weighted by Crippen LogP contribution is 2.26. The van der Waals surface area contributed by atoms with Crippen LogP contribution in [-0.4, -0.2) is 18.1 Å². The van der Waals surface area contributed by atoms with Crippen LogP contribution in [-0.2, 0) is 9.47 Å². The Morgan fingerprint density at radius 3 is 2.11 bits per heavy atom. The van der Waals surface area contributed by atoms with Crippen LogP contribution in [0.2, 0.25) is 0 Å². The first-order valence-electron chi connectivity index (χ1n) is 3.04. The third kappa shape index (κ3) is 2.30. The van der Waals surface area contributed by atoms with Gasteiger partial charge in [-0.05, 0) is 20.8 Å². The molecule has 0 radical (unpaired) electrons. The molecule has 1 aliphatic heterocycles. The van der Waals surface area contributed by atoms with E-state index in [1.165, 1.54) is 0 Å². The van der Waals surface area contributed by atoms with Gasteiger partial charge in [0.1, 0.15) is 6.61 Å². The number of nitrogens with two attached hydrogens (primary N) is 1. The van der Waals surface area contributed by atoms with Crippen LogP contribution in [0.1, 0.15) is 20.8 Å². The van der Waals surface area contributed by atoms with Gasteiger partial charge in [-0.2, -0.15) is 0 Å². The number of hydrogen-bond acceptors (Lipinski definition) is 3. The maximum Gasteiger partial charge on any atom is 0.250 e. The first-order chi connectivity index (χ1) is 3.91. The van der Waals surface area contributed by atoms with E-state index >= 15 is 0 Å². The Labute approximate surface area is 55.1 Å². The summed E-state index contributed by atoms with van der Waals surface area (Å²) < 4.78 is 10.1. The quantitative estimate of drug-likeness (QED) is 0.415. The van der Waals surface area contributed by atoms with Gasteiger partial charge in [-0.15, -0.1) is 0 Å². The average Bonchev–Trinajstić information content (AvgIpc) is 2.12. The van der Waals surface area contributed by atoms with Crippen molar-refractivity contribution in [1.82, 2.24) is 0 Å². The van der Waals surface area contributed by atoms with E-state index in [9.17, 15) is 0 Å². The first kappa shape index (κ1) is 6.99. The van der Waals surface area contributed by atoms with Gasteiger partial charge in [0.15, 0.2) is 0 Å². The predicted octanol–water partition coefficient (Wildman–Crippen LogP) is 0.444. The van der Waals surface area contributed by atoms with E-state index in [2.05, 4.69) is 0 Å². The molecule has 0 saturated carbocycles. The van der Waals surface area contributed by atoms with E-state index in [1.54, 1.807) is 0 Å². The van der Waals surface area contributed by atoms with E-state index in [4.69, 9.17) is 15.2 Å². The Morgan fingerprint density at radius 2 is 2.00 bits per heavy atom. The van der Waals surface area contributed by atoms with Crippen molar-refractivity contribution in [2.75, 3.05) is 6.61 Å². The Balaban J connectivity index is 2.33. The summed E-state index contributed by atoms with van der Waals surface area (Å²) in [5, 5.41) is 0. The van der Waals surface area contributed by atoms with Crippen molar-refractivity contribution in [2.45, 2.75) is 32.3 Å². The number of ether oxygens (including phenoxy) is 2. The molecular formula is C6H13NO2. The van der Waals surface area contributed by atoms with Crippen LogP contribution >= 0.6 is 0 Å². The van der Waals surface area contributed by atoms with Gasteiger partial charge < -0.3 is 9.47 Å². The Hall–Kier alpha value is -0.120. The molecule has 3 heteroatoms. The summed E-state index contributed by atoms with van der Waals surface area (Å²) in [6, 6.07) is 0. The normalized spacial score (nSPS) is 34.7. The van der Waals surface area contributed by atoms with Gasteiger partial charge in [0.05, 0.1) is 5.60 Å². The zero-order valence-corrected chi connectivity index (χ0v) is 6.10. The maximum atomic E-state index is 5.49. The molecule has 1 fully saturated rings. The molecule has 0 aromatic rings. The van der Waals surface area contributed by atoms with Gasteiger partial charge in [0.2, 0.25) is 5.91 Å². The van der Waals surface area contributed by atoms with Crippen LogP contribution in [0, 0.1) is 0 Å². The lowest BCUT2D eigenvalue weighted by Gasteiger charge is -2.21. The molecule has 2 N–H and O–H groups in total. The summed E-state index contributed by atoms with van der Waals surface area (Å²) in [4.78, 5) is 0.